The van der Waals surface area contributed by atoms with Crippen LogP contribution in [0.15, 0.2) is 48.5 Å². The summed E-state index contributed by atoms with van der Waals surface area (Å²) in [5.74, 6) is 1.48. The van der Waals surface area contributed by atoms with Crippen molar-refractivity contribution in [2.45, 2.75) is 19.8 Å². The summed E-state index contributed by atoms with van der Waals surface area (Å²) in [7, 11) is 0. The van der Waals surface area contributed by atoms with Gasteiger partial charge in [0.05, 0.1) is 11.0 Å². The van der Waals surface area contributed by atoms with Gasteiger partial charge in [-0.15, -0.1) is 0 Å². The number of rotatable bonds is 2. The molecule has 3 rings (SSSR count). The fraction of sp³-hybridized carbons (Fsp3) is 0.188. The lowest BCUT2D eigenvalue weighted by atomic mass is 10.0. The zero-order valence-corrected chi connectivity index (χ0v) is 10.6. The van der Waals surface area contributed by atoms with Crippen LogP contribution >= 0.6 is 0 Å². The molecule has 18 heavy (non-hydrogen) atoms. The monoisotopic (exact) mass is 236 g/mol. The highest BCUT2D eigenvalue weighted by Gasteiger charge is 2.06. The Morgan fingerprint density at radius 3 is 2.50 bits per heavy atom. The SMILES string of the molecule is CC(C)c1ccc2nc(-c3ccccc3)[nH]c2c1. The van der Waals surface area contributed by atoms with E-state index in [0.717, 1.165) is 22.4 Å². The van der Waals surface area contributed by atoms with Crippen molar-refractivity contribution < 1.29 is 0 Å². The molecule has 0 atom stereocenters. The minimum absolute atomic E-state index is 0.540. The van der Waals surface area contributed by atoms with Gasteiger partial charge < -0.3 is 4.98 Å². The topological polar surface area (TPSA) is 28.7 Å². The first-order valence-electron chi connectivity index (χ1n) is 6.29. The Kier molecular flexibility index (Phi) is 2.63. The molecule has 0 aliphatic heterocycles. The van der Waals surface area contributed by atoms with Crippen molar-refractivity contribution in [3.63, 3.8) is 0 Å². The smallest absolute Gasteiger partial charge is 0.138 e. The van der Waals surface area contributed by atoms with Crippen LogP contribution in [0.5, 0.6) is 0 Å². The van der Waals surface area contributed by atoms with Crippen LogP contribution in [0, 0.1) is 0 Å². The van der Waals surface area contributed by atoms with Crippen molar-refractivity contribution >= 4 is 11.0 Å². The zero-order chi connectivity index (χ0) is 12.5. The molecule has 2 heteroatoms. The molecule has 1 N–H and O–H groups in total. The fourth-order valence-corrected chi connectivity index (χ4v) is 2.12. The number of H-pyrrole nitrogens is 1. The van der Waals surface area contributed by atoms with E-state index in [-0.39, 0.29) is 0 Å². The van der Waals surface area contributed by atoms with Gasteiger partial charge >= 0.3 is 0 Å². The van der Waals surface area contributed by atoms with Crippen molar-refractivity contribution in [3.05, 3.63) is 54.1 Å². The van der Waals surface area contributed by atoms with Crippen molar-refractivity contribution in [1.29, 1.82) is 0 Å². The lowest BCUT2D eigenvalue weighted by molar-refractivity contribution is 0.868. The van der Waals surface area contributed by atoms with Gasteiger partial charge in [0, 0.05) is 5.56 Å². The van der Waals surface area contributed by atoms with Crippen molar-refractivity contribution in [3.8, 4) is 11.4 Å². The van der Waals surface area contributed by atoms with Gasteiger partial charge in [-0.25, -0.2) is 4.98 Å². The second-order valence-electron chi connectivity index (χ2n) is 4.88. The predicted octanol–water partition coefficient (Wildman–Crippen LogP) is 4.35. The van der Waals surface area contributed by atoms with E-state index in [0.29, 0.717) is 5.92 Å². The largest absolute Gasteiger partial charge is 0.338 e. The number of benzene rings is 2. The molecule has 0 amide bonds. The van der Waals surface area contributed by atoms with Crippen LogP contribution in [0.25, 0.3) is 22.4 Å². The van der Waals surface area contributed by atoms with Crippen molar-refractivity contribution in [2.75, 3.05) is 0 Å². The molecule has 0 saturated carbocycles. The summed E-state index contributed by atoms with van der Waals surface area (Å²) in [5.41, 5.74) is 4.60. The molecule has 0 spiro atoms. The molecule has 90 valence electrons. The molecule has 2 nitrogen and oxygen atoms in total. The molecule has 0 radical (unpaired) electrons. The first-order valence-corrected chi connectivity index (χ1v) is 6.29. The van der Waals surface area contributed by atoms with Crippen molar-refractivity contribution in [2.24, 2.45) is 0 Å². The molecular formula is C16H16N2. The Labute approximate surface area is 107 Å². The Hall–Kier alpha value is -2.09. The highest BCUT2D eigenvalue weighted by atomic mass is 14.9. The minimum atomic E-state index is 0.540. The number of aromatic amines is 1. The lowest BCUT2D eigenvalue weighted by Crippen LogP contribution is -1.85. The summed E-state index contributed by atoms with van der Waals surface area (Å²) in [5, 5.41) is 0. The van der Waals surface area contributed by atoms with Gasteiger partial charge in [-0.05, 0) is 23.6 Å². The van der Waals surface area contributed by atoms with E-state index in [4.69, 9.17) is 0 Å². The number of fused-ring (bicyclic) bond motifs is 1. The number of nitrogens with one attached hydrogen (secondary N) is 1. The molecule has 3 aromatic rings. The Balaban J connectivity index is 2.11. The van der Waals surface area contributed by atoms with Gasteiger partial charge in [0.15, 0.2) is 0 Å². The Morgan fingerprint density at radius 1 is 1.00 bits per heavy atom. The lowest BCUT2D eigenvalue weighted by Gasteiger charge is -2.03. The molecule has 0 aliphatic carbocycles. The second-order valence-corrected chi connectivity index (χ2v) is 4.88. The van der Waals surface area contributed by atoms with Gasteiger partial charge in [-0.1, -0.05) is 50.2 Å². The number of hydrogen-bond acceptors (Lipinski definition) is 1. The Bertz CT molecular complexity index is 666. The molecule has 0 bridgehead atoms. The van der Waals surface area contributed by atoms with Gasteiger partial charge in [0.1, 0.15) is 5.82 Å². The maximum atomic E-state index is 4.63. The third-order valence-corrected chi connectivity index (χ3v) is 3.22. The van der Waals surface area contributed by atoms with E-state index in [9.17, 15) is 0 Å². The maximum Gasteiger partial charge on any atom is 0.138 e. The molecule has 0 fully saturated rings. The molecule has 0 unspecified atom stereocenters. The summed E-state index contributed by atoms with van der Waals surface area (Å²) in [6, 6.07) is 16.7. The predicted molar refractivity (Wildman–Crippen MR) is 75.6 cm³/mol. The van der Waals surface area contributed by atoms with E-state index in [1.165, 1.54) is 5.56 Å². The fourth-order valence-electron chi connectivity index (χ4n) is 2.12. The summed E-state index contributed by atoms with van der Waals surface area (Å²) in [6.45, 7) is 4.41. The third kappa shape index (κ3) is 1.90. The van der Waals surface area contributed by atoms with Crippen molar-refractivity contribution in [1.82, 2.24) is 9.97 Å². The number of aromatic nitrogens is 2. The van der Waals surface area contributed by atoms with Crippen LogP contribution in [0.4, 0.5) is 0 Å². The Morgan fingerprint density at radius 2 is 1.78 bits per heavy atom. The average molecular weight is 236 g/mol. The maximum absolute atomic E-state index is 4.63. The van der Waals surface area contributed by atoms with Crippen LogP contribution in [0.3, 0.4) is 0 Å². The highest BCUT2D eigenvalue weighted by Crippen LogP contribution is 2.23. The summed E-state index contributed by atoms with van der Waals surface area (Å²) < 4.78 is 0. The van der Waals surface area contributed by atoms with E-state index >= 15 is 0 Å². The van der Waals surface area contributed by atoms with Crippen LogP contribution in [-0.2, 0) is 0 Å². The van der Waals surface area contributed by atoms with E-state index < -0.39 is 0 Å². The second kappa shape index (κ2) is 4.30. The number of hydrogen-bond donors (Lipinski definition) is 1. The number of nitrogens with zero attached hydrogens (tertiary/aromatic N) is 1. The highest BCUT2D eigenvalue weighted by molar-refractivity contribution is 5.80. The minimum Gasteiger partial charge on any atom is -0.338 e. The molecule has 0 saturated heterocycles. The van der Waals surface area contributed by atoms with Gasteiger partial charge in [-0.2, -0.15) is 0 Å². The van der Waals surface area contributed by atoms with Crippen LogP contribution in [0.2, 0.25) is 0 Å². The normalized spacial score (nSPS) is 11.3. The third-order valence-electron chi connectivity index (χ3n) is 3.22. The van der Waals surface area contributed by atoms with Crippen LogP contribution in [0.1, 0.15) is 25.3 Å². The van der Waals surface area contributed by atoms with E-state index in [1.807, 2.05) is 18.2 Å². The first kappa shape index (κ1) is 11.0. The average Bonchev–Trinajstić information content (AvgIpc) is 2.82. The molecule has 1 aromatic heterocycles. The van der Waals surface area contributed by atoms with Gasteiger partial charge in [-0.3, -0.25) is 0 Å². The summed E-state index contributed by atoms with van der Waals surface area (Å²) in [6.07, 6.45) is 0. The van der Waals surface area contributed by atoms with E-state index in [2.05, 4.69) is 54.1 Å². The molecule has 1 heterocycles. The molecule has 0 aliphatic rings. The molecular weight excluding hydrogens is 220 g/mol. The first-order chi connectivity index (χ1) is 8.74. The summed E-state index contributed by atoms with van der Waals surface area (Å²) >= 11 is 0. The standard InChI is InChI=1S/C16H16N2/c1-11(2)13-8-9-14-15(10-13)18-16(17-14)12-6-4-3-5-7-12/h3-11H,1-2H3,(H,17,18). The van der Waals surface area contributed by atoms with Crippen LogP contribution in [-0.4, -0.2) is 9.97 Å². The molecule has 2 aromatic carbocycles. The van der Waals surface area contributed by atoms with Crippen LogP contribution < -0.4 is 0 Å². The number of imidazole rings is 1. The zero-order valence-electron chi connectivity index (χ0n) is 10.6. The van der Waals surface area contributed by atoms with E-state index in [1.54, 1.807) is 0 Å². The quantitative estimate of drug-likeness (QED) is 0.704. The van der Waals surface area contributed by atoms with Gasteiger partial charge in [0.2, 0.25) is 0 Å². The summed E-state index contributed by atoms with van der Waals surface area (Å²) in [4.78, 5) is 8.02. The van der Waals surface area contributed by atoms with Gasteiger partial charge in [0.25, 0.3) is 0 Å².